The zero-order valence-corrected chi connectivity index (χ0v) is 11.8. The number of rotatable bonds is 7. The van der Waals surface area contributed by atoms with E-state index < -0.39 is 0 Å². The number of hydrogen-bond donors (Lipinski definition) is 0. The first kappa shape index (κ1) is 14.5. The predicted octanol–water partition coefficient (Wildman–Crippen LogP) is 1.21. The third-order valence-corrected chi connectivity index (χ3v) is 4.27. The Morgan fingerprint density at radius 1 is 1.35 bits per heavy atom. The van der Waals surface area contributed by atoms with Crippen molar-refractivity contribution < 1.29 is 9.59 Å². The number of likely N-dealkylation sites (tertiary alicyclic amines) is 1. The van der Waals surface area contributed by atoms with Crippen molar-refractivity contribution in [1.29, 1.82) is 0 Å². The van der Waals surface area contributed by atoms with Crippen LogP contribution in [0.15, 0.2) is 0 Å². The van der Waals surface area contributed by atoms with Gasteiger partial charge < -0.3 is 4.90 Å². The fraction of sp³-hybridized carbons (Fsp3) is 0.833. The quantitative estimate of drug-likeness (QED) is 0.644. The minimum Gasteiger partial charge on any atom is -0.301 e. The zero-order valence-electron chi connectivity index (χ0n) is 10.9. The Kier molecular flexibility index (Phi) is 5.98. The summed E-state index contributed by atoms with van der Waals surface area (Å²) in [5.41, 5.74) is 0. The Balaban J connectivity index is 2.29. The normalized spacial score (nSPS) is 18.2. The monoisotopic (exact) mass is 258 g/mol. The van der Waals surface area contributed by atoms with Crippen molar-refractivity contribution in [3.8, 4) is 0 Å². The van der Waals surface area contributed by atoms with Crippen LogP contribution in [-0.4, -0.2) is 59.3 Å². The lowest BCUT2D eigenvalue weighted by molar-refractivity contribution is -0.138. The molecule has 0 aromatic heterocycles. The molecule has 0 aliphatic carbocycles. The lowest BCUT2D eigenvalue weighted by Gasteiger charge is -2.26. The Morgan fingerprint density at radius 2 is 1.94 bits per heavy atom. The molecule has 1 aliphatic heterocycles. The summed E-state index contributed by atoms with van der Waals surface area (Å²) < 4.78 is 0. The fourth-order valence-corrected chi connectivity index (χ4v) is 2.60. The molecule has 0 aromatic rings. The van der Waals surface area contributed by atoms with Gasteiger partial charge in [-0.25, -0.2) is 0 Å². The summed E-state index contributed by atoms with van der Waals surface area (Å²) in [5.74, 6) is 2.19. The van der Waals surface area contributed by atoms with Gasteiger partial charge in [-0.15, -0.1) is 0 Å². The van der Waals surface area contributed by atoms with Crippen molar-refractivity contribution in [2.24, 2.45) is 0 Å². The molecule has 17 heavy (non-hydrogen) atoms. The Hall–Kier alpha value is -0.550. The van der Waals surface area contributed by atoms with E-state index in [4.69, 9.17) is 0 Å². The highest BCUT2D eigenvalue weighted by Gasteiger charge is 2.28. The van der Waals surface area contributed by atoms with Gasteiger partial charge >= 0.3 is 0 Å². The van der Waals surface area contributed by atoms with Crippen LogP contribution >= 0.6 is 11.8 Å². The molecule has 0 bridgehead atoms. The molecule has 0 spiro atoms. The highest BCUT2D eigenvalue weighted by Crippen LogP contribution is 2.12. The van der Waals surface area contributed by atoms with Crippen molar-refractivity contribution in [1.82, 2.24) is 9.80 Å². The second kappa shape index (κ2) is 7.01. The topological polar surface area (TPSA) is 40.6 Å². The Labute approximate surface area is 108 Å². The van der Waals surface area contributed by atoms with Gasteiger partial charge in [0.05, 0.1) is 0 Å². The van der Waals surface area contributed by atoms with Gasteiger partial charge in [-0.2, -0.15) is 11.8 Å². The molecule has 0 N–H and O–H groups in total. The molecule has 1 atom stereocenters. The van der Waals surface area contributed by atoms with Crippen LogP contribution in [0.4, 0.5) is 0 Å². The molecule has 1 saturated heterocycles. The number of amides is 2. The van der Waals surface area contributed by atoms with E-state index in [1.807, 2.05) is 18.8 Å². The van der Waals surface area contributed by atoms with Gasteiger partial charge in [0.1, 0.15) is 0 Å². The molecule has 98 valence electrons. The molecule has 1 heterocycles. The van der Waals surface area contributed by atoms with E-state index in [2.05, 4.69) is 18.7 Å². The van der Waals surface area contributed by atoms with E-state index >= 15 is 0 Å². The summed E-state index contributed by atoms with van der Waals surface area (Å²) in [7, 11) is 2.05. The first-order valence-corrected chi connectivity index (χ1v) is 7.33. The molecular weight excluding hydrogens is 236 g/mol. The molecule has 0 aromatic carbocycles. The SMILES string of the molecule is CCSC[C@@H](C)N(C)CCN1C(=O)CCC1=O. The maximum absolute atomic E-state index is 11.4. The van der Waals surface area contributed by atoms with Gasteiger partial charge in [-0.3, -0.25) is 14.5 Å². The molecular formula is C12H22N2O2S. The van der Waals surface area contributed by atoms with E-state index in [1.54, 1.807) is 0 Å². The average Bonchev–Trinajstić information content (AvgIpc) is 2.63. The molecule has 1 fully saturated rings. The smallest absolute Gasteiger partial charge is 0.229 e. The van der Waals surface area contributed by atoms with E-state index in [1.165, 1.54) is 4.90 Å². The highest BCUT2D eigenvalue weighted by atomic mass is 32.2. The van der Waals surface area contributed by atoms with Crippen LogP contribution in [-0.2, 0) is 9.59 Å². The van der Waals surface area contributed by atoms with Crippen LogP contribution in [0.25, 0.3) is 0 Å². The van der Waals surface area contributed by atoms with Crippen molar-refractivity contribution >= 4 is 23.6 Å². The minimum absolute atomic E-state index is 0.0148. The number of hydrogen-bond acceptors (Lipinski definition) is 4. The predicted molar refractivity (Wildman–Crippen MR) is 71.0 cm³/mol. The first-order chi connectivity index (χ1) is 8.06. The number of likely N-dealkylation sites (N-methyl/N-ethyl adjacent to an activating group) is 1. The Bertz CT molecular complexity index is 268. The van der Waals surface area contributed by atoms with Crippen LogP contribution in [0.3, 0.4) is 0 Å². The largest absolute Gasteiger partial charge is 0.301 e. The van der Waals surface area contributed by atoms with Crippen LogP contribution in [0.5, 0.6) is 0 Å². The highest BCUT2D eigenvalue weighted by molar-refractivity contribution is 7.99. The lowest BCUT2D eigenvalue weighted by Crippen LogP contribution is -2.40. The molecule has 2 amide bonds. The summed E-state index contributed by atoms with van der Waals surface area (Å²) in [5, 5.41) is 0. The summed E-state index contributed by atoms with van der Waals surface area (Å²) in [4.78, 5) is 26.5. The summed E-state index contributed by atoms with van der Waals surface area (Å²) in [6, 6.07) is 0.479. The number of carbonyl (C=O) groups is 2. The summed E-state index contributed by atoms with van der Waals surface area (Å²) in [6.07, 6.45) is 0.785. The minimum atomic E-state index is -0.0148. The number of thioether (sulfide) groups is 1. The van der Waals surface area contributed by atoms with Gasteiger partial charge in [-0.05, 0) is 19.7 Å². The van der Waals surface area contributed by atoms with Crippen molar-refractivity contribution in [3.63, 3.8) is 0 Å². The van der Waals surface area contributed by atoms with E-state index in [0.29, 0.717) is 25.4 Å². The van der Waals surface area contributed by atoms with Gasteiger partial charge in [0.25, 0.3) is 0 Å². The van der Waals surface area contributed by atoms with Crippen molar-refractivity contribution in [2.75, 3.05) is 31.6 Å². The van der Waals surface area contributed by atoms with Crippen molar-refractivity contribution in [2.45, 2.75) is 32.7 Å². The molecule has 4 nitrogen and oxygen atoms in total. The van der Waals surface area contributed by atoms with E-state index in [-0.39, 0.29) is 11.8 Å². The third-order valence-electron chi connectivity index (χ3n) is 3.15. The summed E-state index contributed by atoms with van der Waals surface area (Å²) in [6.45, 7) is 5.63. The maximum Gasteiger partial charge on any atom is 0.229 e. The van der Waals surface area contributed by atoms with E-state index in [9.17, 15) is 9.59 Å². The number of carbonyl (C=O) groups excluding carboxylic acids is 2. The molecule has 0 unspecified atom stereocenters. The second-order valence-corrected chi connectivity index (χ2v) is 5.75. The maximum atomic E-state index is 11.4. The van der Waals surface area contributed by atoms with Gasteiger partial charge in [0, 0.05) is 37.7 Å². The number of nitrogens with zero attached hydrogens (tertiary/aromatic N) is 2. The Morgan fingerprint density at radius 3 is 2.47 bits per heavy atom. The first-order valence-electron chi connectivity index (χ1n) is 6.17. The fourth-order valence-electron chi connectivity index (χ4n) is 1.77. The third kappa shape index (κ3) is 4.32. The lowest BCUT2D eigenvalue weighted by atomic mass is 10.3. The van der Waals surface area contributed by atoms with Gasteiger partial charge in [-0.1, -0.05) is 6.92 Å². The molecule has 5 heteroatoms. The molecule has 0 radical (unpaired) electrons. The van der Waals surface area contributed by atoms with Crippen LogP contribution < -0.4 is 0 Å². The zero-order chi connectivity index (χ0) is 12.8. The molecule has 0 saturated carbocycles. The van der Waals surface area contributed by atoms with Crippen LogP contribution in [0.2, 0.25) is 0 Å². The van der Waals surface area contributed by atoms with Crippen LogP contribution in [0.1, 0.15) is 26.7 Å². The van der Waals surface area contributed by atoms with E-state index in [0.717, 1.165) is 18.1 Å². The standard InChI is InChI=1S/C12H22N2O2S/c1-4-17-9-10(2)13(3)7-8-14-11(15)5-6-12(14)16/h10H,4-9H2,1-3H3/t10-/m1/s1. The van der Waals surface area contributed by atoms with Crippen molar-refractivity contribution in [3.05, 3.63) is 0 Å². The van der Waals surface area contributed by atoms with Gasteiger partial charge in [0.2, 0.25) is 11.8 Å². The molecule has 1 rings (SSSR count). The van der Waals surface area contributed by atoms with Gasteiger partial charge in [0.15, 0.2) is 0 Å². The second-order valence-electron chi connectivity index (χ2n) is 4.43. The van der Waals surface area contributed by atoms with Crippen LogP contribution in [0, 0.1) is 0 Å². The summed E-state index contributed by atoms with van der Waals surface area (Å²) >= 11 is 1.91. The average molecular weight is 258 g/mol. The molecule has 1 aliphatic rings. The number of imide groups is 1.